The van der Waals surface area contributed by atoms with E-state index in [1.54, 1.807) is 18.2 Å². The predicted octanol–water partition coefficient (Wildman–Crippen LogP) is 3.85. The Morgan fingerprint density at radius 2 is 1.96 bits per heavy atom. The number of amides is 1. The molecule has 0 atom stereocenters. The molecule has 126 valence electrons. The highest BCUT2D eigenvalue weighted by atomic mass is 127. The molecule has 2 aromatic rings. The van der Waals surface area contributed by atoms with E-state index in [0.717, 1.165) is 9.13 Å². The third-order valence-electron chi connectivity index (χ3n) is 3.02. The zero-order valence-electron chi connectivity index (χ0n) is 12.8. The molecule has 1 N–H and O–H groups in total. The summed E-state index contributed by atoms with van der Waals surface area (Å²) >= 11 is 8.25. The number of hydrogen-bond donors (Lipinski definition) is 1. The second-order valence-corrected chi connectivity index (χ2v) is 6.52. The van der Waals surface area contributed by atoms with Crippen molar-refractivity contribution in [2.45, 2.75) is 6.92 Å². The molecule has 0 saturated carbocycles. The lowest BCUT2D eigenvalue weighted by Crippen LogP contribution is -2.20. The van der Waals surface area contributed by atoms with Gasteiger partial charge in [-0.3, -0.25) is 9.59 Å². The second-order valence-electron chi connectivity index (χ2n) is 4.87. The third-order valence-corrected chi connectivity index (χ3v) is 3.98. The highest BCUT2D eigenvalue weighted by Gasteiger charge is 2.08. The second kappa shape index (κ2) is 8.89. The number of anilines is 1. The molecular weight excluding hydrogens is 445 g/mol. The van der Waals surface area contributed by atoms with Crippen molar-refractivity contribution < 1.29 is 19.1 Å². The maximum absolute atomic E-state index is 12.0. The Morgan fingerprint density at radius 1 is 1.21 bits per heavy atom. The minimum atomic E-state index is -0.300. The first kappa shape index (κ1) is 18.5. The van der Waals surface area contributed by atoms with Gasteiger partial charge in [0.15, 0.2) is 12.9 Å². The molecule has 0 aromatic heterocycles. The first-order valence-corrected chi connectivity index (χ1v) is 8.50. The standard InChI is InChI=1S/C17H15ClINO4/c1-11-8-12(19)2-4-15(11)24-10-17(22)20-13-3-5-16(14(18)9-13)23-7-6-21/h2-6,8-9H,7,10H2,1H3,(H,20,22). The van der Waals surface area contributed by atoms with Crippen molar-refractivity contribution in [1.29, 1.82) is 0 Å². The predicted molar refractivity (Wildman–Crippen MR) is 101 cm³/mol. The molecule has 7 heteroatoms. The van der Waals surface area contributed by atoms with E-state index >= 15 is 0 Å². The van der Waals surface area contributed by atoms with Crippen molar-refractivity contribution in [1.82, 2.24) is 0 Å². The summed E-state index contributed by atoms with van der Waals surface area (Å²) in [4.78, 5) is 22.3. The van der Waals surface area contributed by atoms with E-state index in [4.69, 9.17) is 21.1 Å². The van der Waals surface area contributed by atoms with Crippen LogP contribution in [0.15, 0.2) is 36.4 Å². The first-order chi connectivity index (χ1) is 11.5. The Bertz CT molecular complexity index is 751. The summed E-state index contributed by atoms with van der Waals surface area (Å²) in [6.07, 6.45) is 0.635. The number of carbonyl (C=O) groups is 2. The van der Waals surface area contributed by atoms with Gasteiger partial charge in [-0.2, -0.15) is 0 Å². The van der Waals surface area contributed by atoms with Crippen LogP contribution in [0.2, 0.25) is 5.02 Å². The van der Waals surface area contributed by atoms with Crippen LogP contribution < -0.4 is 14.8 Å². The van der Waals surface area contributed by atoms with E-state index in [1.807, 2.05) is 25.1 Å². The number of aldehydes is 1. The lowest BCUT2D eigenvalue weighted by Gasteiger charge is -2.11. The minimum absolute atomic E-state index is 0.0748. The molecule has 0 radical (unpaired) electrons. The number of aryl methyl sites for hydroxylation is 1. The van der Waals surface area contributed by atoms with Crippen molar-refractivity contribution in [3.8, 4) is 11.5 Å². The summed E-state index contributed by atoms with van der Waals surface area (Å²) in [5.41, 5.74) is 1.49. The maximum Gasteiger partial charge on any atom is 0.262 e. The molecule has 0 unspecified atom stereocenters. The van der Waals surface area contributed by atoms with Crippen molar-refractivity contribution >= 4 is 52.1 Å². The lowest BCUT2D eigenvalue weighted by molar-refractivity contribution is -0.118. The molecule has 1 amide bonds. The fraction of sp³-hybridized carbons (Fsp3) is 0.176. The molecule has 0 fully saturated rings. The number of nitrogens with one attached hydrogen (secondary N) is 1. The van der Waals surface area contributed by atoms with Crippen LogP contribution in [0.1, 0.15) is 5.56 Å². The van der Waals surface area contributed by atoms with Crippen LogP contribution in [0.4, 0.5) is 5.69 Å². The van der Waals surface area contributed by atoms with Gasteiger partial charge in [-0.1, -0.05) is 11.6 Å². The molecule has 2 aromatic carbocycles. The largest absolute Gasteiger partial charge is 0.485 e. The van der Waals surface area contributed by atoms with Gasteiger partial charge in [0.05, 0.1) is 5.02 Å². The molecule has 0 aliphatic rings. The molecular formula is C17H15ClINO4. The SMILES string of the molecule is Cc1cc(I)ccc1OCC(=O)Nc1ccc(OCC=O)c(Cl)c1. The van der Waals surface area contributed by atoms with E-state index in [9.17, 15) is 9.59 Å². The van der Waals surface area contributed by atoms with Gasteiger partial charge in [0, 0.05) is 9.26 Å². The van der Waals surface area contributed by atoms with Crippen molar-refractivity contribution in [3.63, 3.8) is 0 Å². The van der Waals surface area contributed by atoms with E-state index in [2.05, 4.69) is 27.9 Å². The monoisotopic (exact) mass is 459 g/mol. The van der Waals surface area contributed by atoms with Gasteiger partial charge >= 0.3 is 0 Å². The zero-order chi connectivity index (χ0) is 17.5. The Hall–Kier alpha value is -1.80. The van der Waals surface area contributed by atoms with E-state index in [0.29, 0.717) is 28.5 Å². The summed E-state index contributed by atoms with van der Waals surface area (Å²) in [6, 6.07) is 10.5. The summed E-state index contributed by atoms with van der Waals surface area (Å²) in [7, 11) is 0. The Balaban J connectivity index is 1.92. The van der Waals surface area contributed by atoms with Crippen LogP contribution in [0.5, 0.6) is 11.5 Å². The molecule has 24 heavy (non-hydrogen) atoms. The van der Waals surface area contributed by atoms with Crippen molar-refractivity contribution in [2.24, 2.45) is 0 Å². The van der Waals surface area contributed by atoms with Gasteiger partial charge in [-0.15, -0.1) is 0 Å². The summed E-state index contributed by atoms with van der Waals surface area (Å²) in [5, 5.41) is 3.00. The lowest BCUT2D eigenvalue weighted by atomic mass is 10.2. The fourth-order valence-corrected chi connectivity index (χ4v) is 2.82. The van der Waals surface area contributed by atoms with Crippen LogP contribution in [-0.2, 0) is 9.59 Å². The smallest absolute Gasteiger partial charge is 0.262 e. The van der Waals surface area contributed by atoms with Crippen LogP contribution in [0.25, 0.3) is 0 Å². The minimum Gasteiger partial charge on any atom is -0.485 e. The fourth-order valence-electron chi connectivity index (χ4n) is 1.93. The Morgan fingerprint density at radius 3 is 2.62 bits per heavy atom. The van der Waals surface area contributed by atoms with Crippen LogP contribution in [0.3, 0.4) is 0 Å². The highest BCUT2D eigenvalue weighted by Crippen LogP contribution is 2.27. The van der Waals surface area contributed by atoms with Gasteiger partial charge in [0.1, 0.15) is 18.1 Å². The highest BCUT2D eigenvalue weighted by molar-refractivity contribution is 14.1. The topological polar surface area (TPSA) is 64.6 Å². The van der Waals surface area contributed by atoms with Gasteiger partial charge in [-0.05, 0) is 71.5 Å². The average molecular weight is 460 g/mol. The van der Waals surface area contributed by atoms with Gasteiger partial charge in [0.25, 0.3) is 5.91 Å². The summed E-state index contributed by atoms with van der Waals surface area (Å²) in [5.74, 6) is 0.749. The molecule has 0 aliphatic heterocycles. The van der Waals surface area contributed by atoms with Crippen molar-refractivity contribution in [3.05, 3.63) is 50.6 Å². The summed E-state index contributed by atoms with van der Waals surface area (Å²) in [6.45, 7) is 1.74. The Kier molecular flexibility index (Phi) is 6.86. The van der Waals surface area contributed by atoms with E-state index in [1.165, 1.54) is 0 Å². The number of ether oxygens (including phenoxy) is 2. The molecule has 0 aliphatic carbocycles. The van der Waals surface area contributed by atoms with Crippen LogP contribution >= 0.6 is 34.2 Å². The van der Waals surface area contributed by atoms with Crippen LogP contribution in [0, 0.1) is 10.5 Å². The molecule has 0 saturated heterocycles. The third kappa shape index (κ3) is 5.38. The number of carbonyl (C=O) groups excluding carboxylic acids is 2. The molecule has 2 rings (SSSR count). The number of halogens is 2. The average Bonchev–Trinajstić information content (AvgIpc) is 2.53. The number of hydrogen-bond acceptors (Lipinski definition) is 4. The van der Waals surface area contributed by atoms with Gasteiger partial charge in [-0.25, -0.2) is 0 Å². The molecule has 5 nitrogen and oxygen atoms in total. The quantitative estimate of drug-likeness (QED) is 0.505. The molecule has 0 heterocycles. The normalized spacial score (nSPS) is 10.1. The summed E-state index contributed by atoms with van der Waals surface area (Å²) < 4.78 is 11.8. The molecule has 0 spiro atoms. The maximum atomic E-state index is 12.0. The molecule has 0 bridgehead atoms. The van der Waals surface area contributed by atoms with Gasteiger partial charge in [0.2, 0.25) is 0 Å². The van der Waals surface area contributed by atoms with Crippen LogP contribution in [-0.4, -0.2) is 25.4 Å². The first-order valence-electron chi connectivity index (χ1n) is 7.04. The zero-order valence-corrected chi connectivity index (χ0v) is 15.8. The van der Waals surface area contributed by atoms with Crippen molar-refractivity contribution in [2.75, 3.05) is 18.5 Å². The van der Waals surface area contributed by atoms with E-state index < -0.39 is 0 Å². The Labute approximate surface area is 158 Å². The number of benzene rings is 2. The van der Waals surface area contributed by atoms with E-state index in [-0.39, 0.29) is 19.1 Å². The van der Waals surface area contributed by atoms with Gasteiger partial charge < -0.3 is 14.8 Å². The number of rotatable bonds is 7.